The molecule has 0 bridgehead atoms. The summed E-state index contributed by atoms with van der Waals surface area (Å²) >= 11 is 0. The Morgan fingerprint density at radius 1 is 0.846 bits per heavy atom. The van der Waals surface area contributed by atoms with E-state index in [-0.39, 0.29) is 6.03 Å². The summed E-state index contributed by atoms with van der Waals surface area (Å²) in [7, 11) is 0. The van der Waals surface area contributed by atoms with Crippen molar-refractivity contribution in [1.29, 1.82) is 0 Å². The summed E-state index contributed by atoms with van der Waals surface area (Å²) in [6, 6.07) is 18.9. The Balaban J connectivity index is 1.31. The van der Waals surface area contributed by atoms with Gasteiger partial charge in [-0.05, 0) is 36.1 Å². The van der Waals surface area contributed by atoms with Gasteiger partial charge in [0.15, 0.2) is 0 Å². The van der Waals surface area contributed by atoms with E-state index >= 15 is 0 Å². The molecule has 1 fully saturated rings. The second-order valence-electron chi connectivity index (χ2n) is 7.02. The molecule has 0 aromatic heterocycles. The molecule has 2 aromatic carbocycles. The van der Waals surface area contributed by atoms with Gasteiger partial charge in [0.2, 0.25) is 0 Å². The van der Waals surface area contributed by atoms with E-state index in [1.807, 2.05) is 35.2 Å². The van der Waals surface area contributed by atoms with Gasteiger partial charge in [0.1, 0.15) is 0 Å². The lowest BCUT2D eigenvalue weighted by molar-refractivity contribution is 0.144. The molecule has 26 heavy (non-hydrogen) atoms. The minimum Gasteiger partial charge on any atom is -0.324 e. The highest BCUT2D eigenvalue weighted by Gasteiger charge is 2.27. The van der Waals surface area contributed by atoms with Gasteiger partial charge in [-0.3, -0.25) is 4.90 Å². The monoisotopic (exact) mass is 347 g/mol. The summed E-state index contributed by atoms with van der Waals surface area (Å²) in [5.74, 6) is 0. The molecule has 2 amide bonds. The number of nitrogens with one attached hydrogen (secondary N) is 1. The van der Waals surface area contributed by atoms with Crippen molar-refractivity contribution in [3.63, 3.8) is 0 Å². The number of urea groups is 1. The predicted molar refractivity (Wildman–Crippen MR) is 106 cm³/mol. The summed E-state index contributed by atoms with van der Waals surface area (Å²) in [6.45, 7) is 3.78. The third-order valence-corrected chi connectivity index (χ3v) is 5.36. The highest BCUT2D eigenvalue weighted by Crippen LogP contribution is 2.22. The average molecular weight is 347 g/mol. The molecule has 1 N–H and O–H groups in total. The molecule has 0 spiro atoms. The van der Waals surface area contributed by atoms with E-state index in [0.29, 0.717) is 6.04 Å². The first kappa shape index (κ1) is 16.9. The minimum absolute atomic E-state index is 0.00968. The summed E-state index contributed by atoms with van der Waals surface area (Å²) in [6.07, 6.45) is 6.58. The Labute approximate surface area is 155 Å². The fourth-order valence-electron chi connectivity index (χ4n) is 3.81. The van der Waals surface area contributed by atoms with Gasteiger partial charge < -0.3 is 10.2 Å². The number of nitrogens with zero attached hydrogens (tertiary/aromatic N) is 2. The Kier molecular flexibility index (Phi) is 5.02. The zero-order valence-corrected chi connectivity index (χ0v) is 15.0. The minimum atomic E-state index is 0.00968. The SMILES string of the molecule is O=C(Nc1ccc(-c2ccccc2)cc1)N1CCC(N2CC=CC2)CC1. The van der Waals surface area contributed by atoms with Crippen molar-refractivity contribution in [2.45, 2.75) is 18.9 Å². The predicted octanol–water partition coefficient (Wildman–Crippen LogP) is 4.22. The first-order chi connectivity index (χ1) is 12.8. The second kappa shape index (κ2) is 7.75. The number of carbonyl (C=O) groups excluding carboxylic acids is 1. The third kappa shape index (κ3) is 3.81. The number of carbonyl (C=O) groups is 1. The van der Waals surface area contributed by atoms with E-state index in [2.05, 4.69) is 46.6 Å². The molecule has 134 valence electrons. The van der Waals surface area contributed by atoms with Crippen molar-refractivity contribution in [2.24, 2.45) is 0 Å². The van der Waals surface area contributed by atoms with Gasteiger partial charge in [-0.2, -0.15) is 0 Å². The number of piperidine rings is 1. The Hall–Kier alpha value is -2.59. The fourth-order valence-corrected chi connectivity index (χ4v) is 3.81. The number of rotatable bonds is 3. The van der Waals surface area contributed by atoms with Crippen molar-refractivity contribution in [2.75, 3.05) is 31.5 Å². The highest BCUT2D eigenvalue weighted by molar-refractivity contribution is 5.89. The summed E-state index contributed by atoms with van der Waals surface area (Å²) in [4.78, 5) is 17.0. The molecule has 0 unspecified atom stereocenters. The second-order valence-corrected chi connectivity index (χ2v) is 7.02. The quantitative estimate of drug-likeness (QED) is 0.844. The number of hydrogen-bond donors (Lipinski definition) is 1. The zero-order chi connectivity index (χ0) is 17.8. The summed E-state index contributed by atoms with van der Waals surface area (Å²) in [5, 5.41) is 3.04. The molecule has 1 saturated heterocycles. The van der Waals surface area contributed by atoms with Crippen molar-refractivity contribution < 1.29 is 4.79 Å². The molecule has 2 aliphatic rings. The smallest absolute Gasteiger partial charge is 0.321 e. The molecular weight excluding hydrogens is 322 g/mol. The van der Waals surface area contributed by atoms with Gasteiger partial charge in [0.05, 0.1) is 0 Å². The molecule has 0 saturated carbocycles. The van der Waals surface area contributed by atoms with E-state index in [0.717, 1.165) is 50.3 Å². The Morgan fingerprint density at radius 3 is 2.12 bits per heavy atom. The normalized spacial score (nSPS) is 18.2. The van der Waals surface area contributed by atoms with E-state index in [9.17, 15) is 4.79 Å². The maximum atomic E-state index is 12.5. The zero-order valence-electron chi connectivity index (χ0n) is 15.0. The average Bonchev–Trinajstić information content (AvgIpc) is 3.24. The van der Waals surface area contributed by atoms with Crippen LogP contribution in [0.25, 0.3) is 11.1 Å². The van der Waals surface area contributed by atoms with Crippen molar-refractivity contribution in [3.8, 4) is 11.1 Å². The van der Waals surface area contributed by atoms with Gasteiger partial charge in [-0.1, -0.05) is 54.6 Å². The Morgan fingerprint density at radius 2 is 1.46 bits per heavy atom. The van der Waals surface area contributed by atoms with Gasteiger partial charge in [-0.25, -0.2) is 4.79 Å². The maximum Gasteiger partial charge on any atom is 0.321 e. The van der Waals surface area contributed by atoms with Gasteiger partial charge in [0.25, 0.3) is 0 Å². The number of anilines is 1. The summed E-state index contributed by atoms with van der Waals surface area (Å²) < 4.78 is 0. The van der Waals surface area contributed by atoms with E-state index in [1.54, 1.807) is 0 Å². The molecule has 4 nitrogen and oxygen atoms in total. The lowest BCUT2D eigenvalue weighted by atomic mass is 10.0. The van der Waals surface area contributed by atoms with Gasteiger partial charge >= 0.3 is 6.03 Å². The topological polar surface area (TPSA) is 35.6 Å². The highest BCUT2D eigenvalue weighted by atomic mass is 16.2. The van der Waals surface area contributed by atoms with Crippen molar-refractivity contribution >= 4 is 11.7 Å². The molecule has 2 aliphatic heterocycles. The van der Waals surface area contributed by atoms with E-state index < -0.39 is 0 Å². The van der Waals surface area contributed by atoms with Crippen LogP contribution in [0.1, 0.15) is 12.8 Å². The fraction of sp³-hybridized carbons (Fsp3) is 0.318. The van der Waals surface area contributed by atoms with E-state index in [4.69, 9.17) is 0 Å². The molecule has 0 atom stereocenters. The first-order valence-corrected chi connectivity index (χ1v) is 9.40. The lowest BCUT2D eigenvalue weighted by Crippen LogP contribution is -2.47. The van der Waals surface area contributed by atoms with Crippen molar-refractivity contribution in [3.05, 3.63) is 66.7 Å². The van der Waals surface area contributed by atoms with Crippen LogP contribution in [0.3, 0.4) is 0 Å². The van der Waals surface area contributed by atoms with Crippen LogP contribution in [-0.2, 0) is 0 Å². The largest absolute Gasteiger partial charge is 0.324 e. The number of hydrogen-bond acceptors (Lipinski definition) is 2. The van der Waals surface area contributed by atoms with Crippen LogP contribution in [-0.4, -0.2) is 48.1 Å². The van der Waals surface area contributed by atoms with Crippen LogP contribution in [0.5, 0.6) is 0 Å². The molecule has 2 heterocycles. The van der Waals surface area contributed by atoms with Crippen LogP contribution in [0.2, 0.25) is 0 Å². The lowest BCUT2D eigenvalue weighted by Gasteiger charge is -2.36. The first-order valence-electron chi connectivity index (χ1n) is 9.40. The molecule has 0 radical (unpaired) electrons. The van der Waals surface area contributed by atoms with Crippen molar-refractivity contribution in [1.82, 2.24) is 9.80 Å². The molecule has 4 rings (SSSR count). The van der Waals surface area contributed by atoms with Crippen LogP contribution in [0.4, 0.5) is 10.5 Å². The number of amides is 2. The van der Waals surface area contributed by atoms with Crippen LogP contribution in [0.15, 0.2) is 66.7 Å². The third-order valence-electron chi connectivity index (χ3n) is 5.36. The standard InChI is InChI=1S/C22H25N3O/c26-22(25-16-12-21(13-17-25)24-14-4-5-15-24)23-20-10-8-19(9-11-20)18-6-2-1-3-7-18/h1-11,21H,12-17H2,(H,23,26). The molecule has 4 heteroatoms. The van der Waals surface area contributed by atoms with Gasteiger partial charge in [0, 0.05) is 37.9 Å². The molecule has 2 aromatic rings. The Bertz CT molecular complexity index is 754. The van der Waals surface area contributed by atoms with Crippen LogP contribution >= 0.6 is 0 Å². The summed E-state index contributed by atoms with van der Waals surface area (Å²) in [5.41, 5.74) is 3.19. The number of benzene rings is 2. The molecule has 0 aliphatic carbocycles. The van der Waals surface area contributed by atoms with Gasteiger partial charge in [-0.15, -0.1) is 0 Å². The van der Waals surface area contributed by atoms with Crippen LogP contribution in [0, 0.1) is 0 Å². The van der Waals surface area contributed by atoms with Crippen LogP contribution < -0.4 is 5.32 Å². The number of likely N-dealkylation sites (tertiary alicyclic amines) is 1. The maximum absolute atomic E-state index is 12.5. The molecular formula is C22H25N3O. The van der Waals surface area contributed by atoms with E-state index in [1.165, 1.54) is 5.56 Å².